The van der Waals surface area contributed by atoms with E-state index in [0.717, 1.165) is 131 Å². The summed E-state index contributed by atoms with van der Waals surface area (Å²) < 4.78 is 14.5. The molecule has 370 valence electrons. The average Bonchev–Trinajstić information content (AvgIpc) is 3.97. The first-order valence-electron chi connectivity index (χ1n) is 26.6. The van der Waals surface area contributed by atoms with E-state index in [1.165, 1.54) is 5.56 Å². The van der Waals surface area contributed by atoms with Crippen LogP contribution in [-0.2, 0) is 12.5 Å². The molecule has 3 heterocycles. The smallest absolute Gasteiger partial charge is 0.345 e. The van der Waals surface area contributed by atoms with Crippen LogP contribution in [0.3, 0.4) is 0 Å². The van der Waals surface area contributed by atoms with Gasteiger partial charge < -0.3 is 13.4 Å². The highest BCUT2D eigenvalue weighted by atomic mass is 16.4. The lowest BCUT2D eigenvalue weighted by atomic mass is 9.81. The van der Waals surface area contributed by atoms with Crippen LogP contribution in [0, 0.1) is 0 Å². The number of rotatable bonds is 5. The number of hydrogen-bond acceptors (Lipinski definition) is 4. The molecule has 0 unspecified atom stereocenters. The van der Waals surface area contributed by atoms with E-state index in [2.05, 4.69) is 208 Å². The number of benzene rings is 12. The van der Waals surface area contributed by atoms with Crippen LogP contribution in [0.2, 0.25) is 0 Å². The quantitative estimate of drug-likeness (QED) is 0.0979. The molecule has 78 heavy (non-hydrogen) atoms. The van der Waals surface area contributed by atoms with Crippen LogP contribution in [-0.4, -0.2) is 4.57 Å². The van der Waals surface area contributed by atoms with Gasteiger partial charge in [0.15, 0.2) is 0 Å². The molecule has 0 spiro atoms. The number of hydrogen-bond donors (Lipinski definition) is 0. The lowest BCUT2D eigenvalue weighted by molar-refractivity contribution is 0.564. The van der Waals surface area contributed by atoms with Crippen LogP contribution in [0.1, 0.15) is 26.3 Å². The Balaban J connectivity index is 0.893. The molecular formula is C73H49NO4. The van der Waals surface area contributed by atoms with Crippen molar-refractivity contribution in [2.45, 2.75) is 26.2 Å². The van der Waals surface area contributed by atoms with Gasteiger partial charge in [0.25, 0.3) is 0 Å². The van der Waals surface area contributed by atoms with Gasteiger partial charge in [-0.05, 0) is 139 Å². The molecule has 0 fully saturated rings. The maximum Gasteiger partial charge on any atom is 0.345 e. The Morgan fingerprint density at radius 3 is 1.32 bits per heavy atom. The molecule has 15 rings (SSSR count). The first-order chi connectivity index (χ1) is 38.1. The zero-order valence-corrected chi connectivity index (χ0v) is 43.4. The van der Waals surface area contributed by atoms with Crippen LogP contribution in [0.25, 0.3) is 153 Å². The molecule has 0 saturated carbocycles. The molecule has 12 aromatic carbocycles. The highest BCUT2D eigenvalue weighted by molar-refractivity contribution is 6.30. The average molecular weight is 1000 g/mol. The van der Waals surface area contributed by atoms with Crippen LogP contribution >= 0.6 is 0 Å². The van der Waals surface area contributed by atoms with Crippen molar-refractivity contribution in [3.63, 3.8) is 0 Å². The topological polar surface area (TPSA) is 65.3 Å². The summed E-state index contributed by atoms with van der Waals surface area (Å²) >= 11 is 0. The number of aromatic nitrogens is 1. The monoisotopic (exact) mass is 1000 g/mol. The van der Waals surface area contributed by atoms with E-state index in [-0.39, 0.29) is 16.7 Å². The third kappa shape index (κ3) is 6.81. The summed E-state index contributed by atoms with van der Waals surface area (Å²) in [6.07, 6.45) is 0. The predicted molar refractivity (Wildman–Crippen MR) is 326 cm³/mol. The zero-order valence-electron chi connectivity index (χ0n) is 43.4. The molecule has 0 atom stereocenters. The van der Waals surface area contributed by atoms with E-state index in [1.807, 2.05) is 48.5 Å². The Kier molecular flexibility index (Phi) is 9.98. The summed E-state index contributed by atoms with van der Waals surface area (Å²) in [5, 5.41) is 17.1. The van der Waals surface area contributed by atoms with Crippen molar-refractivity contribution in [2.75, 3.05) is 0 Å². The van der Waals surface area contributed by atoms with Gasteiger partial charge in [-0.15, -0.1) is 0 Å². The summed E-state index contributed by atoms with van der Waals surface area (Å²) in [7, 11) is 2.05. The van der Waals surface area contributed by atoms with Gasteiger partial charge in [0.1, 0.15) is 11.2 Å². The van der Waals surface area contributed by atoms with E-state index in [0.29, 0.717) is 22.3 Å². The molecule has 0 radical (unpaired) electrons. The predicted octanol–water partition coefficient (Wildman–Crippen LogP) is 18.9. The van der Waals surface area contributed by atoms with E-state index in [9.17, 15) is 9.59 Å². The molecule has 5 nitrogen and oxygen atoms in total. The molecule has 0 aliphatic carbocycles. The molecule has 0 saturated heterocycles. The number of fused-ring (bicyclic) bond motifs is 13. The maximum absolute atomic E-state index is 14.3. The molecule has 0 amide bonds. The summed E-state index contributed by atoms with van der Waals surface area (Å²) in [6.45, 7) is 6.66. The van der Waals surface area contributed by atoms with Gasteiger partial charge in [-0.3, -0.25) is 0 Å². The Bertz CT molecular complexity index is 5070. The third-order valence-electron chi connectivity index (χ3n) is 16.5. The lowest BCUT2D eigenvalue weighted by Crippen LogP contribution is -2.10. The van der Waals surface area contributed by atoms with Gasteiger partial charge >= 0.3 is 11.3 Å². The van der Waals surface area contributed by atoms with E-state index >= 15 is 0 Å². The summed E-state index contributed by atoms with van der Waals surface area (Å²) in [4.78, 5) is 28.0. The largest absolute Gasteiger partial charge is 0.422 e. The van der Waals surface area contributed by atoms with Crippen molar-refractivity contribution in [3.05, 3.63) is 251 Å². The zero-order chi connectivity index (χ0) is 52.6. The van der Waals surface area contributed by atoms with Crippen molar-refractivity contribution < 1.29 is 8.83 Å². The van der Waals surface area contributed by atoms with Gasteiger partial charge in [-0.2, -0.15) is 0 Å². The van der Waals surface area contributed by atoms with Crippen molar-refractivity contribution in [1.29, 1.82) is 0 Å². The summed E-state index contributed by atoms with van der Waals surface area (Å²) in [5.74, 6) is 0. The van der Waals surface area contributed by atoms with Crippen LogP contribution in [0.5, 0.6) is 0 Å². The molecule has 3 aromatic heterocycles. The van der Waals surface area contributed by atoms with E-state index in [4.69, 9.17) is 8.83 Å². The SMILES string of the molecule is Cn1c(-c2cc3c4ccccc4c4ccccc4c3oc2=O)ccc1-c1c2ccccc2c(-c2c3ccccc3c(-c3ccc(-c4cc5c(ccc6cc(C(C)(C)C)ccc65)oc4=O)cc3)c3ccccc23)c2ccccc12. The first-order valence-corrected chi connectivity index (χ1v) is 26.6. The maximum atomic E-state index is 14.3. The van der Waals surface area contributed by atoms with Crippen LogP contribution in [0.15, 0.2) is 243 Å². The van der Waals surface area contributed by atoms with Gasteiger partial charge in [0.05, 0.1) is 16.8 Å². The van der Waals surface area contributed by atoms with Crippen LogP contribution in [0.4, 0.5) is 0 Å². The number of nitrogens with zero attached hydrogens (tertiary/aromatic N) is 1. The van der Waals surface area contributed by atoms with E-state index < -0.39 is 0 Å². The Morgan fingerprint density at radius 1 is 0.333 bits per heavy atom. The fourth-order valence-corrected chi connectivity index (χ4v) is 12.7. The summed E-state index contributed by atoms with van der Waals surface area (Å²) in [5.41, 5.74) is 10.9. The second-order valence-corrected chi connectivity index (χ2v) is 21.8. The molecule has 0 aliphatic rings. The molecule has 15 aromatic rings. The lowest BCUT2D eigenvalue weighted by Gasteiger charge is -2.22. The van der Waals surface area contributed by atoms with Crippen molar-refractivity contribution in [3.8, 4) is 55.9 Å². The molecule has 0 bridgehead atoms. The van der Waals surface area contributed by atoms with Gasteiger partial charge in [0.2, 0.25) is 0 Å². The standard InChI is InChI=1S/C73H49NO4/c1-73(2,3)45-34-35-46-44(39-45)33-38-65-60(46)40-59(71(75)77-65)42-29-31-43(32-30-42)66-50-20-8-12-24-54(50)68(55-25-13-9-21-51(55)66)69-56-26-14-10-22-52(56)67(53-23-11-15-27-57(53)69)64-37-36-63(74(64)4)62-41-61-49-19-6-5-17-47(49)48-18-7-16-28-58(48)70(61)78-72(62)76/h5-41H,1-4H3. The van der Waals surface area contributed by atoms with Crippen molar-refractivity contribution in [1.82, 2.24) is 4.57 Å². The highest BCUT2D eigenvalue weighted by Crippen LogP contribution is 2.51. The van der Waals surface area contributed by atoms with Gasteiger partial charge in [-0.25, -0.2) is 9.59 Å². The Morgan fingerprint density at radius 2 is 0.769 bits per heavy atom. The first kappa shape index (κ1) is 45.5. The molecule has 0 aliphatic heterocycles. The van der Waals surface area contributed by atoms with Crippen LogP contribution < -0.4 is 11.3 Å². The third-order valence-corrected chi connectivity index (χ3v) is 16.5. The Hall–Kier alpha value is -9.84. The highest BCUT2D eigenvalue weighted by Gasteiger charge is 2.25. The minimum Gasteiger partial charge on any atom is -0.422 e. The molecular weight excluding hydrogens is 955 g/mol. The second kappa shape index (κ2) is 17.1. The van der Waals surface area contributed by atoms with E-state index in [1.54, 1.807) is 0 Å². The fourth-order valence-electron chi connectivity index (χ4n) is 12.7. The molecule has 0 N–H and O–H groups in total. The molecule has 5 heteroatoms. The Labute approximate surface area is 448 Å². The second-order valence-electron chi connectivity index (χ2n) is 21.8. The van der Waals surface area contributed by atoms with Gasteiger partial charge in [-0.1, -0.05) is 215 Å². The van der Waals surface area contributed by atoms with Crippen molar-refractivity contribution >= 4 is 97.3 Å². The van der Waals surface area contributed by atoms with Gasteiger partial charge in [0, 0.05) is 34.5 Å². The fraction of sp³-hybridized carbons (Fsp3) is 0.0685. The minimum absolute atomic E-state index is 0.0108. The minimum atomic E-state index is -0.375. The normalized spacial score (nSPS) is 12.2. The van der Waals surface area contributed by atoms with Crippen molar-refractivity contribution in [2.24, 2.45) is 7.05 Å². The summed E-state index contributed by atoms with van der Waals surface area (Å²) in [6, 6.07) is 78.7.